The van der Waals surface area contributed by atoms with Crippen LogP contribution in [0.2, 0.25) is 0 Å². The molecule has 0 aromatic heterocycles. The van der Waals surface area contributed by atoms with E-state index in [1.165, 1.54) is 6.42 Å². The Hall–Kier alpha value is -1.59. The summed E-state index contributed by atoms with van der Waals surface area (Å²) in [6.07, 6.45) is 8.61. The van der Waals surface area contributed by atoms with Crippen LogP contribution in [0.5, 0.6) is 0 Å². The molecule has 2 saturated carbocycles. The number of nitrogens with one attached hydrogen (secondary N) is 2. The Morgan fingerprint density at radius 2 is 1.81 bits per heavy atom. The maximum atomic E-state index is 12.5. The zero-order valence-electron chi connectivity index (χ0n) is 15.2. The molecule has 0 spiro atoms. The van der Waals surface area contributed by atoms with Gasteiger partial charge in [-0.1, -0.05) is 31.7 Å². The van der Waals surface area contributed by atoms with Gasteiger partial charge in [0.2, 0.25) is 5.91 Å². The van der Waals surface area contributed by atoms with Crippen LogP contribution in [-0.2, 0) is 4.79 Å². The molecule has 0 bridgehead atoms. The monoisotopic (exact) mass is 379 g/mol. The summed E-state index contributed by atoms with van der Waals surface area (Å²) < 4.78 is 0. The lowest BCUT2D eigenvalue weighted by Gasteiger charge is -2.21. The largest absolute Gasteiger partial charge is 0.349 e. The van der Waals surface area contributed by atoms with Crippen LogP contribution < -0.4 is 16.4 Å². The first-order valence-corrected chi connectivity index (χ1v) is 9.59. The Kier molecular flexibility index (Phi) is 7.91. The average Bonchev–Trinajstić information content (AvgIpc) is 3.09. The molecule has 2 aliphatic carbocycles. The van der Waals surface area contributed by atoms with E-state index >= 15 is 0 Å². The zero-order valence-corrected chi connectivity index (χ0v) is 16.0. The molecule has 2 unspecified atom stereocenters. The molecule has 2 atom stereocenters. The Labute approximate surface area is 161 Å². The first-order chi connectivity index (χ1) is 12.2. The van der Waals surface area contributed by atoms with Gasteiger partial charge in [-0.05, 0) is 56.3 Å². The Morgan fingerprint density at radius 1 is 1.04 bits per heavy atom. The molecule has 6 heteroatoms. The van der Waals surface area contributed by atoms with Crippen LogP contribution >= 0.6 is 12.4 Å². The predicted octanol–water partition coefficient (Wildman–Crippen LogP) is 3.48. The second-order valence-corrected chi connectivity index (χ2v) is 7.41. The van der Waals surface area contributed by atoms with Crippen molar-refractivity contribution < 1.29 is 9.59 Å². The summed E-state index contributed by atoms with van der Waals surface area (Å²) in [7, 11) is 0. The number of carbonyl (C=O) groups is 2. The first kappa shape index (κ1) is 20.7. The van der Waals surface area contributed by atoms with Crippen molar-refractivity contribution in [2.75, 3.05) is 11.9 Å². The van der Waals surface area contributed by atoms with Crippen molar-refractivity contribution in [2.45, 2.75) is 57.4 Å². The number of hydrogen-bond acceptors (Lipinski definition) is 3. The second-order valence-electron chi connectivity index (χ2n) is 7.41. The minimum absolute atomic E-state index is 0. The third-order valence-electron chi connectivity index (χ3n) is 5.65. The number of carbonyl (C=O) groups excluding carboxylic acids is 2. The normalized spacial score (nSPS) is 23.1. The third kappa shape index (κ3) is 5.21. The molecule has 2 aliphatic rings. The van der Waals surface area contributed by atoms with E-state index < -0.39 is 0 Å². The molecule has 4 N–H and O–H groups in total. The number of anilines is 1. The van der Waals surface area contributed by atoms with E-state index in [2.05, 4.69) is 10.6 Å². The minimum atomic E-state index is -0.0842. The highest BCUT2D eigenvalue weighted by Gasteiger charge is 2.27. The van der Waals surface area contributed by atoms with E-state index in [1.807, 2.05) is 12.1 Å². The molecule has 0 radical (unpaired) electrons. The quantitative estimate of drug-likeness (QED) is 0.732. The van der Waals surface area contributed by atoms with E-state index in [4.69, 9.17) is 5.73 Å². The van der Waals surface area contributed by atoms with Crippen molar-refractivity contribution >= 4 is 29.9 Å². The number of hydrogen-bond donors (Lipinski definition) is 3. The van der Waals surface area contributed by atoms with Crippen LogP contribution in [0.3, 0.4) is 0 Å². The molecule has 3 rings (SSSR count). The Morgan fingerprint density at radius 3 is 2.54 bits per heavy atom. The molecule has 26 heavy (non-hydrogen) atoms. The number of nitrogens with two attached hydrogens (primary N) is 1. The standard InChI is InChI=1S/C20H29N3O2.ClH/c21-13-16-9-5-11-18(16)23-20(25)15-8-4-10-17(12-15)22-19(24)14-6-2-1-3-7-14;/h4,8,10,12,14,16,18H,1-3,5-7,9,11,13,21H2,(H,22,24)(H,23,25);1H. The third-order valence-corrected chi connectivity index (χ3v) is 5.65. The van der Waals surface area contributed by atoms with Gasteiger partial charge in [0.15, 0.2) is 0 Å². The van der Waals surface area contributed by atoms with Crippen molar-refractivity contribution in [1.29, 1.82) is 0 Å². The van der Waals surface area contributed by atoms with Crippen molar-refractivity contribution in [3.05, 3.63) is 29.8 Å². The minimum Gasteiger partial charge on any atom is -0.349 e. The molecule has 0 saturated heterocycles. The van der Waals surface area contributed by atoms with E-state index in [1.54, 1.807) is 12.1 Å². The molecule has 2 fully saturated rings. The summed E-state index contributed by atoms with van der Waals surface area (Å²) in [5.74, 6) is 0.475. The molecular weight excluding hydrogens is 350 g/mol. The van der Waals surface area contributed by atoms with Crippen LogP contribution in [0.25, 0.3) is 0 Å². The van der Waals surface area contributed by atoms with Gasteiger partial charge in [0.25, 0.3) is 5.91 Å². The number of amides is 2. The first-order valence-electron chi connectivity index (χ1n) is 9.59. The summed E-state index contributed by atoms with van der Waals surface area (Å²) in [6, 6.07) is 7.38. The maximum absolute atomic E-state index is 12.5. The molecule has 144 valence electrons. The maximum Gasteiger partial charge on any atom is 0.251 e. The van der Waals surface area contributed by atoms with Crippen LogP contribution in [0.4, 0.5) is 5.69 Å². The van der Waals surface area contributed by atoms with Gasteiger partial charge in [-0.25, -0.2) is 0 Å². The molecule has 0 heterocycles. The van der Waals surface area contributed by atoms with E-state index in [0.717, 1.165) is 44.9 Å². The van der Waals surface area contributed by atoms with Crippen LogP contribution in [0.1, 0.15) is 61.7 Å². The van der Waals surface area contributed by atoms with Gasteiger partial charge in [-0.3, -0.25) is 9.59 Å². The van der Waals surface area contributed by atoms with Crippen LogP contribution in [0, 0.1) is 11.8 Å². The Balaban J connectivity index is 0.00000243. The van der Waals surface area contributed by atoms with Gasteiger partial charge in [0.1, 0.15) is 0 Å². The summed E-state index contributed by atoms with van der Waals surface area (Å²) >= 11 is 0. The number of halogens is 1. The highest BCUT2D eigenvalue weighted by atomic mass is 35.5. The lowest BCUT2D eigenvalue weighted by molar-refractivity contribution is -0.120. The van der Waals surface area contributed by atoms with Gasteiger partial charge in [0, 0.05) is 23.2 Å². The lowest BCUT2D eigenvalue weighted by Crippen LogP contribution is -2.39. The molecule has 1 aromatic rings. The molecule has 0 aliphatic heterocycles. The lowest BCUT2D eigenvalue weighted by atomic mass is 9.88. The number of benzene rings is 1. The molecule has 5 nitrogen and oxygen atoms in total. The van der Waals surface area contributed by atoms with E-state index in [-0.39, 0.29) is 36.2 Å². The van der Waals surface area contributed by atoms with Gasteiger partial charge < -0.3 is 16.4 Å². The van der Waals surface area contributed by atoms with Crippen molar-refractivity contribution in [2.24, 2.45) is 17.6 Å². The van der Waals surface area contributed by atoms with Crippen molar-refractivity contribution in [3.8, 4) is 0 Å². The van der Waals surface area contributed by atoms with Gasteiger partial charge in [-0.15, -0.1) is 12.4 Å². The molecule has 1 aromatic carbocycles. The van der Waals surface area contributed by atoms with Crippen molar-refractivity contribution in [3.63, 3.8) is 0 Å². The highest BCUT2D eigenvalue weighted by molar-refractivity contribution is 5.97. The highest BCUT2D eigenvalue weighted by Crippen LogP contribution is 2.26. The van der Waals surface area contributed by atoms with Gasteiger partial charge in [-0.2, -0.15) is 0 Å². The topological polar surface area (TPSA) is 84.2 Å². The number of rotatable bonds is 5. The van der Waals surface area contributed by atoms with Gasteiger partial charge in [0.05, 0.1) is 0 Å². The fraction of sp³-hybridized carbons (Fsp3) is 0.600. The smallest absolute Gasteiger partial charge is 0.251 e. The fourth-order valence-corrected chi connectivity index (χ4v) is 4.11. The summed E-state index contributed by atoms with van der Waals surface area (Å²) in [5, 5.41) is 6.09. The van der Waals surface area contributed by atoms with Crippen LogP contribution in [-0.4, -0.2) is 24.4 Å². The van der Waals surface area contributed by atoms with E-state index in [0.29, 0.717) is 23.7 Å². The second kappa shape index (κ2) is 9.93. The average molecular weight is 380 g/mol. The van der Waals surface area contributed by atoms with Crippen molar-refractivity contribution in [1.82, 2.24) is 5.32 Å². The predicted molar refractivity (Wildman–Crippen MR) is 107 cm³/mol. The summed E-state index contributed by atoms with van der Waals surface area (Å²) in [5.41, 5.74) is 7.08. The SMILES string of the molecule is Cl.NCC1CCCC1NC(=O)c1cccc(NC(=O)C2CCCCC2)c1. The summed E-state index contributed by atoms with van der Waals surface area (Å²) in [6.45, 7) is 0.614. The molecular formula is C20H30ClN3O2. The molecule has 2 amide bonds. The van der Waals surface area contributed by atoms with Crippen LogP contribution in [0.15, 0.2) is 24.3 Å². The fourth-order valence-electron chi connectivity index (χ4n) is 4.11. The van der Waals surface area contributed by atoms with E-state index in [9.17, 15) is 9.59 Å². The summed E-state index contributed by atoms with van der Waals surface area (Å²) in [4.78, 5) is 24.9. The Bertz CT molecular complexity index is 617. The van der Waals surface area contributed by atoms with Gasteiger partial charge >= 0.3 is 0 Å². The zero-order chi connectivity index (χ0) is 17.6.